The van der Waals surface area contributed by atoms with Gasteiger partial charge in [-0.25, -0.2) is 0 Å². The lowest BCUT2D eigenvalue weighted by atomic mass is 10.3. The summed E-state index contributed by atoms with van der Waals surface area (Å²) in [6.07, 6.45) is -0.150. The Labute approximate surface area is 116 Å². The topological polar surface area (TPSA) is 58.6 Å². The third kappa shape index (κ3) is 4.22. The molecule has 2 rings (SSSR count). The zero-order valence-electron chi connectivity index (χ0n) is 10.4. The third-order valence-electron chi connectivity index (χ3n) is 2.80. The number of rotatable bonds is 3. The van der Waals surface area contributed by atoms with Gasteiger partial charge in [-0.2, -0.15) is 0 Å². The monoisotopic (exact) mass is 282 g/mol. The predicted molar refractivity (Wildman–Crippen MR) is 72.1 cm³/mol. The van der Waals surface area contributed by atoms with Crippen LogP contribution in [0.2, 0.25) is 5.02 Å². The molecule has 0 spiro atoms. The van der Waals surface area contributed by atoms with Crippen LogP contribution in [-0.4, -0.2) is 43.0 Å². The highest BCUT2D eigenvalue weighted by Gasteiger charge is 2.19. The molecule has 0 radical (unpaired) electrons. The van der Waals surface area contributed by atoms with Crippen molar-refractivity contribution in [1.82, 2.24) is 4.90 Å². The lowest BCUT2D eigenvalue weighted by Crippen LogP contribution is -2.41. The summed E-state index contributed by atoms with van der Waals surface area (Å²) in [5, 5.41) is 3.26. The van der Waals surface area contributed by atoms with Crippen molar-refractivity contribution in [3.05, 3.63) is 29.3 Å². The number of anilines is 1. The summed E-state index contributed by atoms with van der Waals surface area (Å²) in [6, 6.07) is 6.75. The van der Waals surface area contributed by atoms with Gasteiger partial charge < -0.3 is 15.0 Å². The first-order valence-electron chi connectivity index (χ1n) is 6.06. The number of ether oxygens (including phenoxy) is 1. The SMILES string of the molecule is O=C(CC(=O)N1CCOCC1)Nc1ccc(Cl)cc1. The molecule has 0 unspecified atom stereocenters. The molecule has 2 amide bonds. The molecule has 1 saturated heterocycles. The van der Waals surface area contributed by atoms with Gasteiger partial charge >= 0.3 is 0 Å². The highest BCUT2D eigenvalue weighted by Crippen LogP contribution is 2.13. The second-order valence-electron chi connectivity index (χ2n) is 4.23. The fourth-order valence-corrected chi connectivity index (χ4v) is 1.93. The maximum Gasteiger partial charge on any atom is 0.233 e. The van der Waals surface area contributed by atoms with Crippen molar-refractivity contribution in [2.45, 2.75) is 6.42 Å². The van der Waals surface area contributed by atoms with Gasteiger partial charge in [-0.15, -0.1) is 0 Å². The minimum atomic E-state index is -0.321. The molecular formula is C13H15ClN2O3. The summed E-state index contributed by atoms with van der Waals surface area (Å²) < 4.78 is 5.15. The highest BCUT2D eigenvalue weighted by molar-refractivity contribution is 6.30. The normalized spacial score (nSPS) is 15.1. The quantitative estimate of drug-likeness (QED) is 0.856. The minimum Gasteiger partial charge on any atom is -0.378 e. The van der Waals surface area contributed by atoms with Gasteiger partial charge in [0.05, 0.1) is 13.2 Å². The number of carbonyl (C=O) groups excluding carboxylic acids is 2. The molecule has 5 nitrogen and oxygen atoms in total. The van der Waals surface area contributed by atoms with E-state index in [4.69, 9.17) is 16.3 Å². The number of hydrogen-bond acceptors (Lipinski definition) is 3. The molecule has 0 aliphatic carbocycles. The number of halogens is 1. The van der Waals surface area contributed by atoms with Crippen molar-refractivity contribution in [2.75, 3.05) is 31.6 Å². The van der Waals surface area contributed by atoms with Gasteiger partial charge in [0.2, 0.25) is 11.8 Å². The van der Waals surface area contributed by atoms with Crippen LogP contribution in [-0.2, 0) is 14.3 Å². The van der Waals surface area contributed by atoms with Crippen LogP contribution in [0.25, 0.3) is 0 Å². The van der Waals surface area contributed by atoms with E-state index < -0.39 is 0 Å². The summed E-state index contributed by atoms with van der Waals surface area (Å²) in [5.74, 6) is -0.492. The Balaban J connectivity index is 1.83. The number of morpholine rings is 1. The molecular weight excluding hydrogens is 268 g/mol. The van der Waals surface area contributed by atoms with Crippen LogP contribution in [0.1, 0.15) is 6.42 Å². The molecule has 1 aliphatic heterocycles. The number of carbonyl (C=O) groups is 2. The maximum atomic E-state index is 11.8. The smallest absolute Gasteiger partial charge is 0.233 e. The van der Waals surface area contributed by atoms with E-state index >= 15 is 0 Å². The molecule has 0 saturated carbocycles. The number of nitrogens with one attached hydrogen (secondary N) is 1. The molecule has 0 bridgehead atoms. The van der Waals surface area contributed by atoms with Gasteiger partial charge in [0.25, 0.3) is 0 Å². The summed E-state index contributed by atoms with van der Waals surface area (Å²) in [5.41, 5.74) is 0.629. The second kappa shape index (κ2) is 6.54. The van der Waals surface area contributed by atoms with Crippen molar-refractivity contribution >= 4 is 29.1 Å². The Morgan fingerprint density at radius 3 is 2.47 bits per heavy atom. The van der Waals surface area contributed by atoms with Gasteiger partial charge in [-0.05, 0) is 24.3 Å². The summed E-state index contributed by atoms with van der Waals surface area (Å²) in [4.78, 5) is 25.2. The van der Waals surface area contributed by atoms with Gasteiger partial charge in [-0.1, -0.05) is 11.6 Å². The van der Waals surface area contributed by atoms with E-state index in [-0.39, 0.29) is 18.2 Å². The second-order valence-corrected chi connectivity index (χ2v) is 4.66. The number of hydrogen-bond donors (Lipinski definition) is 1. The molecule has 1 aromatic carbocycles. The lowest BCUT2D eigenvalue weighted by molar-refractivity contribution is -0.138. The van der Waals surface area contributed by atoms with Crippen molar-refractivity contribution in [2.24, 2.45) is 0 Å². The van der Waals surface area contributed by atoms with Crippen molar-refractivity contribution in [1.29, 1.82) is 0 Å². The summed E-state index contributed by atoms with van der Waals surface area (Å²) in [7, 11) is 0. The van der Waals surface area contributed by atoms with Crippen LogP contribution >= 0.6 is 11.6 Å². The maximum absolute atomic E-state index is 11.8. The number of nitrogens with zero attached hydrogens (tertiary/aromatic N) is 1. The number of amides is 2. The van der Waals surface area contributed by atoms with Gasteiger partial charge in [0.1, 0.15) is 6.42 Å². The van der Waals surface area contributed by atoms with E-state index in [1.165, 1.54) is 0 Å². The van der Waals surface area contributed by atoms with Crippen molar-refractivity contribution < 1.29 is 14.3 Å². The molecule has 0 aromatic heterocycles. The van der Waals surface area contributed by atoms with Gasteiger partial charge in [-0.3, -0.25) is 9.59 Å². The Morgan fingerprint density at radius 2 is 1.84 bits per heavy atom. The third-order valence-corrected chi connectivity index (χ3v) is 3.06. The van der Waals surface area contributed by atoms with E-state index in [1.807, 2.05) is 0 Å². The highest BCUT2D eigenvalue weighted by atomic mass is 35.5. The van der Waals surface area contributed by atoms with Crippen molar-refractivity contribution in [3.63, 3.8) is 0 Å². The lowest BCUT2D eigenvalue weighted by Gasteiger charge is -2.26. The van der Waals surface area contributed by atoms with Gasteiger partial charge in [0.15, 0.2) is 0 Å². The Morgan fingerprint density at radius 1 is 1.21 bits per heavy atom. The van der Waals surface area contributed by atoms with E-state index in [0.29, 0.717) is 37.0 Å². The predicted octanol–water partition coefficient (Wildman–Crippen LogP) is 1.53. The Bertz CT molecular complexity index is 455. The molecule has 1 aromatic rings. The number of benzene rings is 1. The molecule has 1 heterocycles. The van der Waals surface area contributed by atoms with E-state index in [9.17, 15) is 9.59 Å². The fraction of sp³-hybridized carbons (Fsp3) is 0.385. The Kier molecular flexibility index (Phi) is 4.76. The molecule has 1 N–H and O–H groups in total. The van der Waals surface area contributed by atoms with E-state index in [2.05, 4.69) is 5.32 Å². The zero-order valence-corrected chi connectivity index (χ0v) is 11.2. The first-order valence-corrected chi connectivity index (χ1v) is 6.44. The molecule has 6 heteroatoms. The molecule has 19 heavy (non-hydrogen) atoms. The first-order chi connectivity index (χ1) is 9.15. The van der Waals surface area contributed by atoms with Crippen LogP contribution in [0.4, 0.5) is 5.69 Å². The average Bonchev–Trinajstić information content (AvgIpc) is 2.42. The molecule has 1 aliphatic rings. The summed E-state index contributed by atoms with van der Waals surface area (Å²) >= 11 is 5.75. The van der Waals surface area contributed by atoms with Crippen LogP contribution < -0.4 is 5.32 Å². The van der Waals surface area contributed by atoms with Crippen LogP contribution in [0.5, 0.6) is 0 Å². The minimum absolute atomic E-state index is 0.150. The van der Waals surface area contributed by atoms with E-state index in [1.54, 1.807) is 29.2 Å². The van der Waals surface area contributed by atoms with Crippen LogP contribution in [0.3, 0.4) is 0 Å². The largest absolute Gasteiger partial charge is 0.378 e. The molecule has 102 valence electrons. The molecule has 1 fully saturated rings. The molecule has 0 atom stereocenters. The van der Waals surface area contributed by atoms with Crippen molar-refractivity contribution in [3.8, 4) is 0 Å². The zero-order chi connectivity index (χ0) is 13.7. The standard InChI is InChI=1S/C13H15ClN2O3/c14-10-1-3-11(4-2-10)15-12(17)9-13(18)16-5-7-19-8-6-16/h1-4H,5-9H2,(H,15,17). The summed E-state index contributed by atoms with van der Waals surface area (Å²) in [6.45, 7) is 2.16. The first kappa shape index (κ1) is 13.8. The van der Waals surface area contributed by atoms with Crippen LogP contribution in [0.15, 0.2) is 24.3 Å². The van der Waals surface area contributed by atoms with E-state index in [0.717, 1.165) is 0 Å². The van der Waals surface area contributed by atoms with Crippen LogP contribution in [0, 0.1) is 0 Å². The Hall–Kier alpha value is -1.59. The fourth-order valence-electron chi connectivity index (χ4n) is 1.80. The van der Waals surface area contributed by atoms with Gasteiger partial charge in [0, 0.05) is 23.8 Å². The average molecular weight is 283 g/mol.